The number of hydrogen-bond donors (Lipinski definition) is 2. The van der Waals surface area contributed by atoms with Crippen molar-refractivity contribution in [2.75, 3.05) is 16.8 Å². The van der Waals surface area contributed by atoms with Crippen LogP contribution in [0.1, 0.15) is 13.3 Å². The van der Waals surface area contributed by atoms with Crippen molar-refractivity contribution in [3.8, 4) is 0 Å². The molecule has 1 saturated heterocycles. The molecule has 0 radical (unpaired) electrons. The number of amides is 2. The van der Waals surface area contributed by atoms with Gasteiger partial charge in [0.05, 0.1) is 22.7 Å². The van der Waals surface area contributed by atoms with Gasteiger partial charge in [0.25, 0.3) is 0 Å². The van der Waals surface area contributed by atoms with Crippen molar-refractivity contribution in [1.82, 2.24) is 5.32 Å². The third-order valence-electron chi connectivity index (χ3n) is 3.96. The Morgan fingerprint density at radius 3 is 2.59 bits per heavy atom. The first-order valence-corrected chi connectivity index (χ1v) is 8.96. The molecule has 0 bridgehead atoms. The molecular formula is C16H18N2O3S. The molecule has 0 saturated carbocycles. The van der Waals surface area contributed by atoms with E-state index in [4.69, 9.17) is 0 Å². The molecule has 3 rings (SSSR count). The van der Waals surface area contributed by atoms with E-state index in [1.165, 1.54) is 0 Å². The van der Waals surface area contributed by atoms with Gasteiger partial charge in [-0.2, -0.15) is 0 Å². The minimum Gasteiger partial charge on any atom is -0.332 e. The molecule has 5 nitrogen and oxygen atoms in total. The van der Waals surface area contributed by atoms with Gasteiger partial charge in [-0.3, -0.25) is 0 Å². The summed E-state index contributed by atoms with van der Waals surface area (Å²) in [6, 6.07) is 13.1. The minimum atomic E-state index is -3.05. The van der Waals surface area contributed by atoms with Crippen LogP contribution in [0.4, 0.5) is 10.5 Å². The number of nitrogens with one attached hydrogen (secondary N) is 2. The van der Waals surface area contributed by atoms with Gasteiger partial charge >= 0.3 is 6.03 Å². The molecule has 2 N–H and O–H groups in total. The summed E-state index contributed by atoms with van der Waals surface area (Å²) < 4.78 is 23.2. The van der Waals surface area contributed by atoms with E-state index < -0.39 is 15.4 Å². The molecule has 1 aliphatic rings. The Morgan fingerprint density at radius 1 is 1.14 bits per heavy atom. The van der Waals surface area contributed by atoms with Gasteiger partial charge in [-0.1, -0.05) is 36.4 Å². The lowest BCUT2D eigenvalue weighted by Gasteiger charge is -2.24. The Hall–Kier alpha value is -2.08. The summed E-state index contributed by atoms with van der Waals surface area (Å²) >= 11 is 0. The molecular weight excluding hydrogens is 300 g/mol. The maximum absolute atomic E-state index is 12.2. The fourth-order valence-corrected chi connectivity index (χ4v) is 4.96. The molecule has 1 aliphatic heterocycles. The predicted molar refractivity (Wildman–Crippen MR) is 87.8 cm³/mol. The third-order valence-corrected chi connectivity index (χ3v) is 5.86. The smallest absolute Gasteiger partial charge is 0.319 e. The second-order valence-electron chi connectivity index (χ2n) is 6.01. The molecule has 0 unspecified atom stereocenters. The van der Waals surface area contributed by atoms with Crippen molar-refractivity contribution >= 4 is 32.3 Å². The highest BCUT2D eigenvalue weighted by molar-refractivity contribution is 7.91. The molecule has 6 heteroatoms. The van der Waals surface area contributed by atoms with Crippen LogP contribution in [0.25, 0.3) is 10.8 Å². The quantitative estimate of drug-likeness (QED) is 0.893. The van der Waals surface area contributed by atoms with Gasteiger partial charge in [0.15, 0.2) is 9.84 Å². The lowest BCUT2D eigenvalue weighted by Crippen LogP contribution is -2.48. The molecule has 1 heterocycles. The SMILES string of the molecule is C[C@@]1(NC(=O)Nc2cccc3ccccc23)CCS(=O)(=O)C1. The van der Waals surface area contributed by atoms with Gasteiger partial charge < -0.3 is 10.6 Å². The highest BCUT2D eigenvalue weighted by atomic mass is 32.2. The van der Waals surface area contributed by atoms with Gasteiger partial charge in [0, 0.05) is 5.39 Å². The second-order valence-corrected chi connectivity index (χ2v) is 8.19. The van der Waals surface area contributed by atoms with E-state index in [9.17, 15) is 13.2 Å². The zero-order chi connectivity index (χ0) is 15.8. The number of sulfone groups is 1. The fraction of sp³-hybridized carbons (Fsp3) is 0.312. The molecule has 1 fully saturated rings. The average Bonchev–Trinajstić information content (AvgIpc) is 2.72. The number of anilines is 1. The van der Waals surface area contributed by atoms with E-state index in [0.29, 0.717) is 12.1 Å². The first kappa shape index (κ1) is 14.8. The first-order valence-electron chi connectivity index (χ1n) is 7.14. The normalized spacial score (nSPS) is 23.3. The summed E-state index contributed by atoms with van der Waals surface area (Å²) in [5, 5.41) is 7.60. The molecule has 0 aliphatic carbocycles. The number of urea groups is 1. The van der Waals surface area contributed by atoms with Crippen LogP contribution in [-0.4, -0.2) is 31.5 Å². The van der Waals surface area contributed by atoms with Gasteiger partial charge in [-0.05, 0) is 24.8 Å². The van der Waals surface area contributed by atoms with Crippen LogP contribution < -0.4 is 10.6 Å². The molecule has 116 valence electrons. The minimum absolute atomic E-state index is 0.0110. The number of rotatable bonds is 2. The van der Waals surface area contributed by atoms with Crippen LogP contribution >= 0.6 is 0 Å². The van der Waals surface area contributed by atoms with Crippen LogP contribution in [0.15, 0.2) is 42.5 Å². The largest absolute Gasteiger partial charge is 0.332 e. The lowest BCUT2D eigenvalue weighted by molar-refractivity contribution is 0.242. The molecule has 22 heavy (non-hydrogen) atoms. The number of benzene rings is 2. The number of hydrogen-bond acceptors (Lipinski definition) is 3. The monoisotopic (exact) mass is 318 g/mol. The van der Waals surface area contributed by atoms with E-state index in [2.05, 4.69) is 10.6 Å². The molecule has 2 aromatic carbocycles. The van der Waals surface area contributed by atoms with Crippen LogP contribution in [0.3, 0.4) is 0 Å². The zero-order valence-corrected chi connectivity index (χ0v) is 13.1. The van der Waals surface area contributed by atoms with E-state index in [-0.39, 0.29) is 17.5 Å². The van der Waals surface area contributed by atoms with Crippen molar-refractivity contribution in [2.45, 2.75) is 18.9 Å². The van der Waals surface area contributed by atoms with Crippen LogP contribution in [-0.2, 0) is 9.84 Å². The van der Waals surface area contributed by atoms with Gasteiger partial charge in [-0.25, -0.2) is 13.2 Å². The summed E-state index contributed by atoms with van der Waals surface area (Å²) in [6.07, 6.45) is 0.443. The van der Waals surface area contributed by atoms with Crippen LogP contribution in [0.5, 0.6) is 0 Å². The van der Waals surface area contributed by atoms with Gasteiger partial charge in [-0.15, -0.1) is 0 Å². The number of carbonyl (C=O) groups is 1. The summed E-state index contributed by atoms with van der Waals surface area (Å²) in [7, 11) is -3.05. The van der Waals surface area contributed by atoms with Crippen molar-refractivity contribution in [1.29, 1.82) is 0 Å². The Kier molecular flexibility index (Phi) is 3.56. The van der Waals surface area contributed by atoms with Crippen molar-refractivity contribution in [3.05, 3.63) is 42.5 Å². The summed E-state index contributed by atoms with van der Waals surface area (Å²) in [5.41, 5.74) is 0.00749. The van der Waals surface area contributed by atoms with Crippen LogP contribution in [0.2, 0.25) is 0 Å². The first-order chi connectivity index (χ1) is 10.4. The van der Waals surface area contributed by atoms with E-state index in [1.807, 2.05) is 42.5 Å². The van der Waals surface area contributed by atoms with Gasteiger partial charge in [0.1, 0.15) is 0 Å². The molecule has 2 amide bonds. The molecule has 0 aromatic heterocycles. The predicted octanol–water partition coefficient (Wildman–Crippen LogP) is 2.54. The van der Waals surface area contributed by atoms with E-state index in [1.54, 1.807) is 6.92 Å². The summed E-state index contributed by atoms with van der Waals surface area (Å²) in [4.78, 5) is 12.2. The van der Waals surface area contributed by atoms with Crippen molar-refractivity contribution < 1.29 is 13.2 Å². The maximum atomic E-state index is 12.2. The average molecular weight is 318 g/mol. The maximum Gasteiger partial charge on any atom is 0.319 e. The Morgan fingerprint density at radius 2 is 1.86 bits per heavy atom. The number of fused-ring (bicyclic) bond motifs is 1. The molecule has 0 spiro atoms. The zero-order valence-electron chi connectivity index (χ0n) is 12.3. The van der Waals surface area contributed by atoms with Gasteiger partial charge in [0.2, 0.25) is 0 Å². The molecule has 1 atom stereocenters. The van der Waals surface area contributed by atoms with Crippen LogP contribution in [0, 0.1) is 0 Å². The Labute approximate surface area is 129 Å². The topological polar surface area (TPSA) is 75.3 Å². The Bertz CT molecular complexity index is 827. The number of carbonyl (C=O) groups excluding carboxylic acids is 1. The highest BCUT2D eigenvalue weighted by Gasteiger charge is 2.39. The van der Waals surface area contributed by atoms with E-state index >= 15 is 0 Å². The molecule has 2 aromatic rings. The second kappa shape index (κ2) is 5.28. The lowest BCUT2D eigenvalue weighted by atomic mass is 10.0. The highest BCUT2D eigenvalue weighted by Crippen LogP contribution is 2.25. The summed E-state index contributed by atoms with van der Waals surface area (Å²) in [6.45, 7) is 1.76. The standard InChI is InChI=1S/C16H18N2O3S/c1-16(9-10-22(20,21)11-16)18-15(19)17-14-8-4-6-12-5-2-3-7-13(12)14/h2-8H,9-11H2,1H3,(H2,17,18,19)/t16-/m1/s1. The van der Waals surface area contributed by atoms with Crippen molar-refractivity contribution in [3.63, 3.8) is 0 Å². The fourth-order valence-electron chi connectivity index (χ4n) is 2.87. The van der Waals surface area contributed by atoms with E-state index in [0.717, 1.165) is 10.8 Å². The van der Waals surface area contributed by atoms with Crippen molar-refractivity contribution in [2.24, 2.45) is 0 Å². The third kappa shape index (κ3) is 3.06. The summed E-state index contributed by atoms with van der Waals surface area (Å²) in [5.74, 6) is 0.112. The Balaban J connectivity index is 1.77.